The van der Waals surface area contributed by atoms with Crippen molar-refractivity contribution in [1.82, 2.24) is 0 Å². The molecule has 1 aromatic carbocycles. The van der Waals surface area contributed by atoms with Crippen LogP contribution in [0.4, 0.5) is 0 Å². The Kier molecular flexibility index (Phi) is 3.14. The van der Waals surface area contributed by atoms with Crippen molar-refractivity contribution >= 4 is 15.9 Å². The van der Waals surface area contributed by atoms with E-state index < -0.39 is 0 Å². The van der Waals surface area contributed by atoms with Crippen molar-refractivity contribution in [3.63, 3.8) is 0 Å². The van der Waals surface area contributed by atoms with E-state index in [-0.39, 0.29) is 0 Å². The van der Waals surface area contributed by atoms with Gasteiger partial charge in [0.2, 0.25) is 0 Å². The number of rotatable bonds is 2. The van der Waals surface area contributed by atoms with E-state index in [1.165, 1.54) is 0 Å². The zero-order valence-electron chi connectivity index (χ0n) is 8.38. The summed E-state index contributed by atoms with van der Waals surface area (Å²) in [6.45, 7) is 3.49. The molecular formula is C10H12BrNO3. The highest BCUT2D eigenvalue weighted by Crippen LogP contribution is 2.41. The van der Waals surface area contributed by atoms with Crippen molar-refractivity contribution in [3.05, 3.63) is 21.7 Å². The standard InChI is InChI=1S/C10H12BrNO3/c1-6-7(5-15-12)4-8(11)10-9(6)13-2-3-14-10/h4H,2-3,5,12H2,1H3. The van der Waals surface area contributed by atoms with Crippen LogP contribution in [0, 0.1) is 6.92 Å². The Hall–Kier alpha value is -0.780. The first kappa shape index (κ1) is 10.7. The van der Waals surface area contributed by atoms with Gasteiger partial charge in [0.1, 0.15) is 13.2 Å². The molecule has 0 atom stereocenters. The number of ether oxygens (including phenoxy) is 2. The molecule has 0 unspecified atom stereocenters. The van der Waals surface area contributed by atoms with Crippen LogP contribution in [0.25, 0.3) is 0 Å². The molecule has 0 spiro atoms. The minimum Gasteiger partial charge on any atom is -0.486 e. The first-order chi connectivity index (χ1) is 7.24. The third kappa shape index (κ3) is 1.95. The van der Waals surface area contributed by atoms with E-state index in [0.717, 1.165) is 27.1 Å². The van der Waals surface area contributed by atoms with Gasteiger partial charge in [0, 0.05) is 5.56 Å². The molecule has 1 heterocycles. The van der Waals surface area contributed by atoms with Crippen LogP contribution in [-0.4, -0.2) is 13.2 Å². The molecule has 5 heteroatoms. The van der Waals surface area contributed by atoms with Gasteiger partial charge >= 0.3 is 0 Å². The molecular weight excluding hydrogens is 262 g/mol. The highest BCUT2D eigenvalue weighted by atomic mass is 79.9. The minimum absolute atomic E-state index is 0.362. The summed E-state index contributed by atoms with van der Waals surface area (Å²) in [7, 11) is 0. The summed E-state index contributed by atoms with van der Waals surface area (Å²) in [5, 5.41) is 0. The molecule has 0 radical (unpaired) electrons. The van der Waals surface area contributed by atoms with Crippen LogP contribution < -0.4 is 15.4 Å². The normalized spacial score (nSPS) is 14.1. The number of benzene rings is 1. The van der Waals surface area contributed by atoms with Gasteiger partial charge in [-0.05, 0) is 34.5 Å². The zero-order valence-corrected chi connectivity index (χ0v) is 9.96. The van der Waals surface area contributed by atoms with Crippen LogP contribution in [0.1, 0.15) is 11.1 Å². The summed E-state index contributed by atoms with van der Waals surface area (Å²) in [4.78, 5) is 4.64. The number of halogens is 1. The number of hydrogen-bond acceptors (Lipinski definition) is 4. The van der Waals surface area contributed by atoms with Gasteiger partial charge in [-0.2, -0.15) is 0 Å². The van der Waals surface area contributed by atoms with Gasteiger partial charge in [-0.3, -0.25) is 4.84 Å². The van der Waals surface area contributed by atoms with Gasteiger partial charge in [0.05, 0.1) is 11.1 Å². The van der Waals surface area contributed by atoms with E-state index in [2.05, 4.69) is 20.8 Å². The molecule has 1 aliphatic heterocycles. The van der Waals surface area contributed by atoms with Crippen LogP contribution in [0.15, 0.2) is 10.5 Å². The molecule has 4 nitrogen and oxygen atoms in total. The molecule has 82 valence electrons. The fraction of sp³-hybridized carbons (Fsp3) is 0.400. The molecule has 0 saturated heterocycles. The lowest BCUT2D eigenvalue weighted by Gasteiger charge is -2.22. The molecule has 0 amide bonds. The molecule has 2 N–H and O–H groups in total. The number of fused-ring (bicyclic) bond motifs is 1. The van der Waals surface area contributed by atoms with Gasteiger partial charge in [-0.25, -0.2) is 5.90 Å². The summed E-state index contributed by atoms with van der Waals surface area (Å²) < 4.78 is 12.0. The predicted molar refractivity (Wildman–Crippen MR) is 58.8 cm³/mol. The highest BCUT2D eigenvalue weighted by Gasteiger charge is 2.20. The van der Waals surface area contributed by atoms with Crippen molar-refractivity contribution < 1.29 is 14.3 Å². The van der Waals surface area contributed by atoms with E-state index in [0.29, 0.717) is 19.8 Å². The Labute approximate surface area is 96.4 Å². The Morgan fingerprint density at radius 1 is 1.40 bits per heavy atom. The minimum atomic E-state index is 0.362. The SMILES string of the molecule is Cc1c(CON)cc(Br)c2c1OCCO2. The van der Waals surface area contributed by atoms with E-state index in [1.807, 2.05) is 13.0 Å². The first-order valence-corrected chi connectivity index (χ1v) is 5.42. The van der Waals surface area contributed by atoms with Crippen molar-refractivity contribution in [1.29, 1.82) is 0 Å². The smallest absolute Gasteiger partial charge is 0.175 e. The maximum atomic E-state index is 5.57. The zero-order chi connectivity index (χ0) is 10.8. The van der Waals surface area contributed by atoms with E-state index >= 15 is 0 Å². The maximum absolute atomic E-state index is 5.57. The average Bonchev–Trinajstić information content (AvgIpc) is 2.26. The van der Waals surface area contributed by atoms with E-state index in [4.69, 9.17) is 15.4 Å². The fourth-order valence-electron chi connectivity index (χ4n) is 1.59. The summed E-state index contributed by atoms with van der Waals surface area (Å²) >= 11 is 3.44. The average molecular weight is 274 g/mol. The van der Waals surface area contributed by atoms with Crippen LogP contribution in [0.5, 0.6) is 11.5 Å². The molecule has 1 aliphatic rings. The Balaban J connectivity index is 2.49. The van der Waals surface area contributed by atoms with Gasteiger partial charge in [0.15, 0.2) is 11.5 Å². The Bertz CT molecular complexity index is 381. The monoisotopic (exact) mass is 273 g/mol. The molecule has 0 saturated carbocycles. The van der Waals surface area contributed by atoms with Crippen LogP contribution in [0.2, 0.25) is 0 Å². The summed E-state index contributed by atoms with van der Waals surface area (Å²) in [6, 6.07) is 1.94. The van der Waals surface area contributed by atoms with Crippen LogP contribution in [0.3, 0.4) is 0 Å². The maximum Gasteiger partial charge on any atom is 0.175 e. The fourth-order valence-corrected chi connectivity index (χ4v) is 2.16. The topological polar surface area (TPSA) is 53.7 Å². The van der Waals surface area contributed by atoms with Crippen LogP contribution in [-0.2, 0) is 11.4 Å². The second-order valence-corrected chi connectivity index (χ2v) is 4.16. The predicted octanol–water partition coefficient (Wildman–Crippen LogP) is 1.92. The van der Waals surface area contributed by atoms with Crippen molar-refractivity contribution in [2.45, 2.75) is 13.5 Å². The first-order valence-electron chi connectivity index (χ1n) is 4.63. The lowest BCUT2D eigenvalue weighted by molar-refractivity contribution is 0.122. The summed E-state index contributed by atoms with van der Waals surface area (Å²) in [5.74, 6) is 6.61. The van der Waals surface area contributed by atoms with Gasteiger partial charge in [-0.1, -0.05) is 0 Å². The second-order valence-electron chi connectivity index (χ2n) is 3.31. The van der Waals surface area contributed by atoms with Gasteiger partial charge in [0.25, 0.3) is 0 Å². The molecule has 15 heavy (non-hydrogen) atoms. The molecule has 0 bridgehead atoms. The Morgan fingerprint density at radius 2 is 2.07 bits per heavy atom. The summed E-state index contributed by atoms with van der Waals surface area (Å²) in [6.07, 6.45) is 0. The van der Waals surface area contributed by atoms with Crippen molar-refractivity contribution in [3.8, 4) is 11.5 Å². The molecule has 1 aromatic rings. The summed E-state index contributed by atoms with van der Waals surface area (Å²) in [5.41, 5.74) is 2.01. The van der Waals surface area contributed by atoms with E-state index in [1.54, 1.807) is 0 Å². The molecule has 0 aliphatic carbocycles. The quantitative estimate of drug-likeness (QED) is 0.837. The number of nitrogens with two attached hydrogens (primary N) is 1. The lowest BCUT2D eigenvalue weighted by Crippen LogP contribution is -2.17. The highest BCUT2D eigenvalue weighted by molar-refractivity contribution is 9.10. The molecule has 0 aromatic heterocycles. The number of hydrogen-bond donors (Lipinski definition) is 1. The largest absolute Gasteiger partial charge is 0.486 e. The van der Waals surface area contributed by atoms with Crippen molar-refractivity contribution in [2.75, 3.05) is 13.2 Å². The third-order valence-electron chi connectivity index (χ3n) is 2.36. The van der Waals surface area contributed by atoms with Crippen LogP contribution >= 0.6 is 15.9 Å². The molecule has 2 rings (SSSR count). The Morgan fingerprint density at radius 3 is 2.73 bits per heavy atom. The molecule has 0 fully saturated rings. The van der Waals surface area contributed by atoms with E-state index in [9.17, 15) is 0 Å². The second kappa shape index (κ2) is 4.38. The lowest BCUT2D eigenvalue weighted by atomic mass is 10.1. The third-order valence-corrected chi connectivity index (χ3v) is 2.95. The van der Waals surface area contributed by atoms with Crippen molar-refractivity contribution in [2.24, 2.45) is 5.90 Å². The van der Waals surface area contributed by atoms with Gasteiger partial charge < -0.3 is 9.47 Å². The van der Waals surface area contributed by atoms with Gasteiger partial charge in [-0.15, -0.1) is 0 Å².